The molecule has 0 aliphatic rings. The zero-order valence-corrected chi connectivity index (χ0v) is 12.1. The van der Waals surface area contributed by atoms with Gasteiger partial charge in [-0.3, -0.25) is 9.59 Å². The largest absolute Gasteiger partial charge is 0.480 e. The molecule has 0 aromatic heterocycles. The summed E-state index contributed by atoms with van der Waals surface area (Å²) in [4.78, 5) is 24.8. The Morgan fingerprint density at radius 3 is 1.94 bits per heavy atom. The van der Waals surface area contributed by atoms with Crippen molar-refractivity contribution < 1.29 is 14.7 Å². The van der Waals surface area contributed by atoms with Crippen molar-refractivity contribution in [1.29, 1.82) is 0 Å². The smallest absolute Gasteiger partial charge is 0.323 e. The maximum atomic E-state index is 12.4. The van der Waals surface area contributed by atoms with Gasteiger partial charge in [0.05, 0.1) is 0 Å². The Balaban J connectivity index is 4.83. The Bertz CT molecular complexity index is 260. The summed E-state index contributed by atoms with van der Waals surface area (Å²) >= 11 is 0. The van der Waals surface area contributed by atoms with E-state index >= 15 is 0 Å². The number of rotatable bonds is 9. The van der Waals surface area contributed by atoms with E-state index in [1.807, 2.05) is 13.8 Å². The Hall–Kier alpha value is -1.06. The zero-order chi connectivity index (χ0) is 14.1. The van der Waals surface area contributed by atoms with E-state index in [9.17, 15) is 9.59 Å². The summed E-state index contributed by atoms with van der Waals surface area (Å²) in [6, 6.07) is -0.00943. The summed E-state index contributed by atoms with van der Waals surface area (Å²) in [5, 5.41) is 8.92. The van der Waals surface area contributed by atoms with Gasteiger partial charge in [-0.25, -0.2) is 0 Å². The van der Waals surface area contributed by atoms with E-state index in [-0.39, 0.29) is 24.4 Å². The molecule has 0 saturated heterocycles. The highest BCUT2D eigenvalue weighted by atomic mass is 16.4. The van der Waals surface area contributed by atoms with Crippen LogP contribution >= 0.6 is 0 Å². The maximum Gasteiger partial charge on any atom is 0.323 e. The molecule has 4 heteroatoms. The minimum atomic E-state index is -0.935. The van der Waals surface area contributed by atoms with E-state index in [0.717, 1.165) is 32.1 Å². The molecule has 0 rings (SSSR count). The summed E-state index contributed by atoms with van der Waals surface area (Å²) in [5.41, 5.74) is 0. The second-order valence-corrected chi connectivity index (χ2v) is 4.89. The lowest BCUT2D eigenvalue weighted by molar-refractivity contribution is -0.148. The first-order chi connectivity index (χ1) is 8.47. The fourth-order valence-electron chi connectivity index (χ4n) is 2.14. The van der Waals surface area contributed by atoms with E-state index in [4.69, 9.17) is 5.11 Å². The second-order valence-electron chi connectivity index (χ2n) is 4.89. The molecule has 1 atom stereocenters. The number of hydrogen-bond acceptors (Lipinski definition) is 2. The first kappa shape index (κ1) is 16.9. The number of amides is 1. The van der Waals surface area contributed by atoms with Gasteiger partial charge in [0.1, 0.15) is 6.54 Å². The quantitative estimate of drug-likeness (QED) is 0.691. The highest BCUT2D eigenvalue weighted by Gasteiger charge is 2.27. The van der Waals surface area contributed by atoms with Gasteiger partial charge in [-0.1, -0.05) is 33.6 Å². The average Bonchev–Trinajstić information content (AvgIpc) is 2.33. The van der Waals surface area contributed by atoms with Crippen LogP contribution in [-0.4, -0.2) is 34.5 Å². The predicted molar refractivity (Wildman–Crippen MR) is 72.4 cm³/mol. The molecule has 0 saturated carbocycles. The Kier molecular flexibility index (Phi) is 8.42. The minimum absolute atomic E-state index is 0.00943. The third-order valence-corrected chi connectivity index (χ3v) is 3.34. The van der Waals surface area contributed by atoms with Crippen molar-refractivity contribution in [3.05, 3.63) is 0 Å². The number of carbonyl (C=O) groups excluding carboxylic acids is 1. The highest BCUT2D eigenvalue weighted by molar-refractivity contribution is 5.83. The fourth-order valence-corrected chi connectivity index (χ4v) is 2.14. The van der Waals surface area contributed by atoms with Crippen LogP contribution in [-0.2, 0) is 9.59 Å². The molecule has 0 bridgehead atoms. The lowest BCUT2D eigenvalue weighted by Gasteiger charge is -2.30. The van der Waals surface area contributed by atoms with Gasteiger partial charge < -0.3 is 10.0 Å². The van der Waals surface area contributed by atoms with Crippen molar-refractivity contribution in [3.8, 4) is 0 Å². The molecular weight excluding hydrogens is 230 g/mol. The fraction of sp³-hybridized carbons (Fsp3) is 0.857. The molecular formula is C14H27NO3. The summed E-state index contributed by atoms with van der Waals surface area (Å²) in [5.74, 6) is -0.945. The van der Waals surface area contributed by atoms with Gasteiger partial charge in [-0.05, 0) is 26.2 Å². The number of carboxylic acid groups (broad SMARTS) is 1. The van der Waals surface area contributed by atoms with Crippen LogP contribution in [0.3, 0.4) is 0 Å². The molecule has 0 spiro atoms. The normalized spacial score (nSPS) is 12.5. The Morgan fingerprint density at radius 2 is 1.61 bits per heavy atom. The average molecular weight is 257 g/mol. The molecule has 4 nitrogen and oxygen atoms in total. The molecule has 0 aliphatic carbocycles. The van der Waals surface area contributed by atoms with Crippen LogP contribution in [0.5, 0.6) is 0 Å². The van der Waals surface area contributed by atoms with Gasteiger partial charge in [-0.2, -0.15) is 0 Å². The Labute approximate surface area is 110 Å². The maximum absolute atomic E-state index is 12.4. The molecule has 0 fully saturated rings. The van der Waals surface area contributed by atoms with Crippen molar-refractivity contribution in [3.63, 3.8) is 0 Å². The van der Waals surface area contributed by atoms with E-state index in [1.165, 1.54) is 4.90 Å². The van der Waals surface area contributed by atoms with E-state index in [1.54, 1.807) is 0 Å². The second kappa shape index (κ2) is 8.95. The molecule has 0 radical (unpaired) electrons. The van der Waals surface area contributed by atoms with E-state index < -0.39 is 5.97 Å². The monoisotopic (exact) mass is 257 g/mol. The number of aliphatic carboxylic acids is 1. The lowest BCUT2D eigenvalue weighted by Crippen LogP contribution is -2.44. The highest BCUT2D eigenvalue weighted by Crippen LogP contribution is 2.19. The van der Waals surface area contributed by atoms with Crippen LogP contribution in [0.15, 0.2) is 0 Å². The van der Waals surface area contributed by atoms with Crippen LogP contribution in [0.2, 0.25) is 0 Å². The van der Waals surface area contributed by atoms with E-state index in [0.29, 0.717) is 0 Å². The molecule has 106 valence electrons. The third kappa shape index (κ3) is 5.52. The van der Waals surface area contributed by atoms with Crippen LogP contribution in [0.1, 0.15) is 59.8 Å². The van der Waals surface area contributed by atoms with Crippen molar-refractivity contribution in [2.24, 2.45) is 5.92 Å². The molecule has 1 unspecified atom stereocenters. The predicted octanol–water partition coefficient (Wildman–Crippen LogP) is 2.91. The lowest BCUT2D eigenvalue weighted by atomic mass is 9.96. The molecule has 0 aromatic rings. The van der Waals surface area contributed by atoms with Crippen LogP contribution in [0.4, 0.5) is 0 Å². The van der Waals surface area contributed by atoms with Gasteiger partial charge in [0.2, 0.25) is 5.91 Å². The van der Waals surface area contributed by atoms with Gasteiger partial charge in [-0.15, -0.1) is 0 Å². The molecule has 1 amide bonds. The number of carbonyl (C=O) groups is 2. The van der Waals surface area contributed by atoms with Crippen LogP contribution < -0.4 is 0 Å². The molecule has 0 aliphatic heterocycles. The van der Waals surface area contributed by atoms with Crippen molar-refractivity contribution in [2.45, 2.75) is 65.8 Å². The number of carboxylic acids is 1. The molecule has 1 N–H and O–H groups in total. The standard InChI is InChI=1S/C14H27NO3/c1-5-8-12(9-6-2)14(18)15(10-13(16)17)11(4)7-3/h11-12H,5-10H2,1-4H3,(H,16,17). The first-order valence-corrected chi connectivity index (χ1v) is 7.00. The molecule has 0 heterocycles. The number of nitrogens with zero attached hydrogens (tertiary/aromatic N) is 1. The first-order valence-electron chi connectivity index (χ1n) is 7.00. The third-order valence-electron chi connectivity index (χ3n) is 3.34. The molecule has 0 aromatic carbocycles. The van der Waals surface area contributed by atoms with Gasteiger partial charge in [0.15, 0.2) is 0 Å². The van der Waals surface area contributed by atoms with Gasteiger partial charge in [0.25, 0.3) is 0 Å². The Morgan fingerprint density at radius 1 is 1.11 bits per heavy atom. The number of hydrogen-bond donors (Lipinski definition) is 1. The SMILES string of the molecule is CCCC(CCC)C(=O)N(CC(=O)O)C(C)CC. The summed E-state index contributed by atoms with van der Waals surface area (Å²) in [6.07, 6.45) is 4.39. The minimum Gasteiger partial charge on any atom is -0.480 e. The summed E-state index contributed by atoms with van der Waals surface area (Å²) in [7, 11) is 0. The topological polar surface area (TPSA) is 57.6 Å². The van der Waals surface area contributed by atoms with Gasteiger partial charge in [0, 0.05) is 12.0 Å². The van der Waals surface area contributed by atoms with Crippen molar-refractivity contribution in [1.82, 2.24) is 4.90 Å². The summed E-state index contributed by atoms with van der Waals surface area (Å²) < 4.78 is 0. The van der Waals surface area contributed by atoms with Crippen molar-refractivity contribution in [2.75, 3.05) is 6.54 Å². The zero-order valence-electron chi connectivity index (χ0n) is 12.1. The van der Waals surface area contributed by atoms with Crippen LogP contribution in [0, 0.1) is 5.92 Å². The van der Waals surface area contributed by atoms with Gasteiger partial charge >= 0.3 is 5.97 Å². The van der Waals surface area contributed by atoms with Crippen molar-refractivity contribution >= 4 is 11.9 Å². The van der Waals surface area contributed by atoms with E-state index in [2.05, 4.69) is 13.8 Å². The van der Waals surface area contributed by atoms with Crippen LogP contribution in [0.25, 0.3) is 0 Å². The summed E-state index contributed by atoms with van der Waals surface area (Å²) in [6.45, 7) is 7.82. The molecule has 18 heavy (non-hydrogen) atoms.